The van der Waals surface area contributed by atoms with Crippen molar-refractivity contribution in [3.05, 3.63) is 66.2 Å². The topological polar surface area (TPSA) is 218 Å². The first-order valence-corrected chi connectivity index (χ1v) is 25.1. The van der Waals surface area contributed by atoms with Crippen molar-refractivity contribution in [2.24, 2.45) is 42.1 Å². The highest BCUT2D eigenvalue weighted by atomic mass is 32.2. The Morgan fingerprint density at radius 2 is 0.984 bits per heavy atom. The van der Waals surface area contributed by atoms with Gasteiger partial charge < -0.3 is 10.8 Å². The Kier molecular flexibility index (Phi) is 14.8. The molecule has 0 aliphatic carbocycles. The van der Waals surface area contributed by atoms with Gasteiger partial charge in [-0.05, 0) is 139 Å². The summed E-state index contributed by atoms with van der Waals surface area (Å²) in [4.78, 5) is -0.461. The lowest BCUT2D eigenvalue weighted by Crippen LogP contribution is -2.21. The Bertz CT molecular complexity index is 2620. The maximum atomic E-state index is 13.1. The van der Waals surface area contributed by atoms with Crippen LogP contribution in [-0.2, 0) is 29.8 Å². The zero-order chi connectivity index (χ0) is 46.0. The van der Waals surface area contributed by atoms with E-state index in [4.69, 9.17) is 5.73 Å². The van der Waals surface area contributed by atoms with Gasteiger partial charge in [0.15, 0.2) is 25.4 Å². The summed E-state index contributed by atoms with van der Waals surface area (Å²) in [6, 6.07) is 14.2. The lowest BCUT2D eigenvalue weighted by Gasteiger charge is -2.32. The summed E-state index contributed by atoms with van der Waals surface area (Å²) in [5.74, 6) is -0.708. The molecule has 0 spiro atoms. The van der Waals surface area contributed by atoms with Crippen LogP contribution >= 0.6 is 0 Å². The van der Waals surface area contributed by atoms with E-state index in [2.05, 4.69) is 89.7 Å². The minimum Gasteiger partial charge on any atom is -0.505 e. The van der Waals surface area contributed by atoms with Crippen LogP contribution in [0.5, 0.6) is 5.75 Å². The average Bonchev–Trinajstić information content (AvgIpc) is 3.08. The predicted molar refractivity (Wildman–Crippen MR) is 244 cm³/mol. The largest absolute Gasteiger partial charge is 0.505 e. The molecule has 16 heteroatoms. The molecule has 4 rings (SSSR count). The van der Waals surface area contributed by atoms with Crippen LogP contribution in [-0.4, -0.2) is 46.4 Å². The lowest BCUT2D eigenvalue weighted by atomic mass is 9.74. The second-order valence-electron chi connectivity index (χ2n) is 20.1. The summed E-state index contributed by atoms with van der Waals surface area (Å²) in [6.07, 6.45) is 4.48. The first-order chi connectivity index (χ1) is 27.8. The zero-order valence-corrected chi connectivity index (χ0v) is 39.8. The van der Waals surface area contributed by atoms with Crippen molar-refractivity contribution in [1.82, 2.24) is 0 Å². The highest BCUT2D eigenvalue weighted by Gasteiger charge is 2.28. The third kappa shape index (κ3) is 13.9. The monoisotopic (exact) mass is 897 g/mol. The second-order valence-corrected chi connectivity index (χ2v) is 25.7. The van der Waals surface area contributed by atoms with Gasteiger partial charge in [0, 0.05) is 0 Å². The van der Waals surface area contributed by atoms with Crippen LogP contribution in [0.4, 0.5) is 28.4 Å². The summed E-state index contributed by atoms with van der Waals surface area (Å²) in [6.45, 7) is 23.3. The van der Waals surface area contributed by atoms with Gasteiger partial charge in [0.05, 0.1) is 43.7 Å². The predicted octanol–water partition coefficient (Wildman–Crippen LogP) is 12.5. The first kappa shape index (κ1) is 49.4. The minimum atomic E-state index is -4.94. The number of azo groups is 2. The van der Waals surface area contributed by atoms with Crippen LogP contribution in [0, 0.1) is 28.6 Å². The molecule has 0 aromatic heterocycles. The van der Waals surface area contributed by atoms with E-state index in [1.54, 1.807) is 6.92 Å². The van der Waals surface area contributed by atoms with Crippen molar-refractivity contribution in [3.8, 4) is 5.75 Å². The fraction of sp³-hybridized carbons (Fsp3) is 0.511. The molecule has 13 nitrogen and oxygen atoms in total. The van der Waals surface area contributed by atoms with Gasteiger partial charge in [-0.15, -0.1) is 10.2 Å². The number of nitrogens with two attached hydrogens (primary N) is 1. The average molecular weight is 898 g/mol. The van der Waals surface area contributed by atoms with Gasteiger partial charge in [0.2, 0.25) is 0 Å². The third-order valence-corrected chi connectivity index (χ3v) is 14.8. The minimum absolute atomic E-state index is 0.00736. The van der Waals surface area contributed by atoms with Gasteiger partial charge in [-0.3, -0.25) is 4.55 Å². The number of hydrogen-bond donors (Lipinski definition) is 3. The van der Waals surface area contributed by atoms with Crippen LogP contribution in [0.3, 0.4) is 0 Å². The third-order valence-electron chi connectivity index (χ3n) is 10.3. The number of anilines is 1. The van der Waals surface area contributed by atoms with Crippen LogP contribution in [0.2, 0.25) is 0 Å². The maximum Gasteiger partial charge on any atom is 0.296 e. The van der Waals surface area contributed by atoms with Gasteiger partial charge >= 0.3 is 0 Å². The van der Waals surface area contributed by atoms with E-state index in [0.717, 1.165) is 31.7 Å². The molecule has 4 aromatic carbocycles. The van der Waals surface area contributed by atoms with Crippen molar-refractivity contribution in [1.29, 1.82) is 0 Å². The molecule has 0 heterocycles. The summed E-state index contributed by atoms with van der Waals surface area (Å²) >= 11 is 0. The Morgan fingerprint density at radius 3 is 1.36 bits per heavy atom. The number of benzene rings is 4. The summed E-state index contributed by atoms with van der Waals surface area (Å²) < 4.78 is 87.7. The zero-order valence-electron chi connectivity index (χ0n) is 37.4. The fourth-order valence-electron chi connectivity index (χ4n) is 8.53. The van der Waals surface area contributed by atoms with Crippen LogP contribution < -0.4 is 5.73 Å². The molecule has 0 aliphatic rings. The molecule has 0 atom stereocenters. The number of rotatable bonds is 17. The van der Waals surface area contributed by atoms with Crippen molar-refractivity contribution >= 4 is 69.0 Å². The van der Waals surface area contributed by atoms with Crippen LogP contribution in [0.1, 0.15) is 113 Å². The molecule has 0 amide bonds. The molecule has 61 heavy (non-hydrogen) atoms. The molecule has 0 radical (unpaired) electrons. The van der Waals surface area contributed by atoms with E-state index >= 15 is 0 Å². The first-order valence-electron chi connectivity index (χ1n) is 20.3. The quantitative estimate of drug-likeness (QED) is 0.0521. The molecule has 4 aromatic rings. The number of aryl methyl sites for hydroxylation is 1. The fourth-order valence-corrected chi connectivity index (χ4v) is 11.8. The Balaban J connectivity index is 1.57. The van der Waals surface area contributed by atoms with E-state index in [-0.39, 0.29) is 70.8 Å². The van der Waals surface area contributed by atoms with Crippen molar-refractivity contribution in [2.45, 2.75) is 129 Å². The van der Waals surface area contributed by atoms with E-state index in [0.29, 0.717) is 24.1 Å². The van der Waals surface area contributed by atoms with Gasteiger partial charge in [-0.25, -0.2) is 16.8 Å². The molecule has 0 unspecified atom stereocenters. The van der Waals surface area contributed by atoms with E-state index in [1.807, 2.05) is 0 Å². The van der Waals surface area contributed by atoms with Crippen LogP contribution in [0.25, 0.3) is 10.8 Å². The second kappa shape index (κ2) is 18.2. The summed E-state index contributed by atoms with van der Waals surface area (Å²) in [5.41, 5.74) is 7.19. The number of hydrogen-bond acceptors (Lipinski definition) is 12. The Labute approximate surface area is 363 Å². The smallest absolute Gasteiger partial charge is 0.296 e. The number of nitrogens with zero attached hydrogens (tertiary/aromatic N) is 4. The normalized spacial score (nSPS) is 13.8. The number of fused-ring (bicyclic) bond motifs is 1. The molecule has 4 N–H and O–H groups in total. The number of nitrogen functional groups attached to an aromatic ring is 1. The van der Waals surface area contributed by atoms with Crippen LogP contribution in [0.15, 0.2) is 95.8 Å². The number of sulfone groups is 2. The molecule has 0 bridgehead atoms. The van der Waals surface area contributed by atoms with E-state index < -0.39 is 46.1 Å². The van der Waals surface area contributed by atoms with E-state index in [1.165, 1.54) is 54.6 Å². The molecular weight excluding hydrogens is 835 g/mol. The molecular formula is C45H63N5O8S3. The van der Waals surface area contributed by atoms with Gasteiger partial charge in [-0.2, -0.15) is 18.6 Å². The molecule has 0 fully saturated rings. The lowest BCUT2D eigenvalue weighted by molar-refractivity contribution is 0.197. The molecule has 0 aliphatic heterocycles. The molecule has 334 valence electrons. The van der Waals surface area contributed by atoms with E-state index in [9.17, 15) is 34.9 Å². The number of aromatic hydroxyl groups is 1. The highest BCUT2D eigenvalue weighted by Crippen LogP contribution is 2.47. The number of phenols is 1. The van der Waals surface area contributed by atoms with Gasteiger partial charge in [-0.1, -0.05) is 69.2 Å². The summed E-state index contributed by atoms with van der Waals surface area (Å²) in [7, 11) is -12.1. The molecule has 0 saturated carbocycles. The standard InChI is InChI=1S/C45H63N5O8S3/c1-30-26-31-27-36(61(56,57)58)40(50-48-33-16-20-35(21-17-33)60(54,55)25-13-23-45(10,11)29-43(5,6)7)41(51)37(31)38(46)39(30)49-47-32-14-18-34(19-15-32)59(52,53)24-12-22-44(8,9)28-42(2,3)4/h14-21,26-27,51H,12-13,22-25,28-29,46H2,1-11H3,(H,56,57,58). The highest BCUT2D eigenvalue weighted by molar-refractivity contribution is 7.91. The maximum absolute atomic E-state index is 13.1. The summed E-state index contributed by atoms with van der Waals surface area (Å²) in [5, 5.41) is 28.2. The molecule has 0 saturated heterocycles. The van der Waals surface area contributed by atoms with Crippen molar-refractivity contribution < 1.29 is 34.9 Å². The number of phenolic OH excluding ortho intramolecular Hbond substituents is 1. The van der Waals surface area contributed by atoms with Crippen molar-refractivity contribution in [3.63, 3.8) is 0 Å². The van der Waals surface area contributed by atoms with Gasteiger partial charge in [0.25, 0.3) is 10.1 Å². The van der Waals surface area contributed by atoms with Crippen molar-refractivity contribution in [2.75, 3.05) is 17.2 Å². The Hall–Kier alpha value is -4.25. The SMILES string of the molecule is Cc1cc2cc(S(=O)(=O)O)c(N=Nc3ccc(S(=O)(=O)CCCC(C)(C)CC(C)(C)C)cc3)c(O)c2c(N)c1N=Nc1ccc(S(=O)(=O)CCCC(C)(C)CC(C)(C)C)cc1. The van der Waals surface area contributed by atoms with Gasteiger partial charge in [0.1, 0.15) is 16.3 Å². The Morgan fingerprint density at radius 1 is 0.590 bits per heavy atom.